The molecule has 1 aromatic carbocycles. The molecule has 2 aliphatic heterocycles. The van der Waals surface area contributed by atoms with Crippen molar-refractivity contribution in [1.82, 2.24) is 9.47 Å². The highest BCUT2D eigenvalue weighted by Crippen LogP contribution is 2.37. The van der Waals surface area contributed by atoms with E-state index < -0.39 is 0 Å². The first-order chi connectivity index (χ1) is 15.5. The van der Waals surface area contributed by atoms with Crippen LogP contribution in [0, 0.1) is 0 Å². The van der Waals surface area contributed by atoms with Crippen LogP contribution in [0.15, 0.2) is 24.4 Å². The van der Waals surface area contributed by atoms with Gasteiger partial charge in [0, 0.05) is 56.3 Å². The molecule has 2 aromatic rings. The van der Waals surface area contributed by atoms with Crippen molar-refractivity contribution in [2.75, 3.05) is 40.0 Å². The molecule has 0 radical (unpaired) electrons. The van der Waals surface area contributed by atoms with Gasteiger partial charge in [0.1, 0.15) is 5.75 Å². The first-order valence-electron chi connectivity index (χ1n) is 12.3. The lowest BCUT2D eigenvalue weighted by molar-refractivity contribution is -0.159. The van der Waals surface area contributed by atoms with Crippen LogP contribution in [-0.4, -0.2) is 67.3 Å². The molecule has 1 unspecified atom stereocenters. The monoisotopic (exact) mass is 444 g/mol. The standard InChI is InChI=1S/C26H40N2O4/c1-5-28-19-21(24-16-22(29-4)6-7-25(24)28)18-27-11-9-26(10-12-27)17-23(8-13-32-26)31-15-14-30-20(2)3/h6-7,16,19-20,23H,5,8-15,17-18H2,1-4H3. The summed E-state index contributed by atoms with van der Waals surface area (Å²) in [5, 5.41) is 1.30. The Hall–Kier alpha value is -1.60. The Morgan fingerprint density at radius 3 is 2.72 bits per heavy atom. The SMILES string of the molecule is CCn1cc(CN2CCC3(CC2)CC(OCCOC(C)C)CCO3)c2cc(OC)ccc21. The predicted molar refractivity (Wildman–Crippen MR) is 127 cm³/mol. The largest absolute Gasteiger partial charge is 0.497 e. The third kappa shape index (κ3) is 5.48. The molecule has 1 spiro atoms. The second-order valence-corrected chi connectivity index (χ2v) is 9.54. The van der Waals surface area contributed by atoms with Crippen LogP contribution in [0.25, 0.3) is 10.9 Å². The van der Waals surface area contributed by atoms with E-state index in [9.17, 15) is 0 Å². The van der Waals surface area contributed by atoms with E-state index in [0.717, 1.165) is 64.2 Å². The minimum absolute atomic E-state index is 0.0149. The van der Waals surface area contributed by atoms with Gasteiger partial charge in [-0.15, -0.1) is 0 Å². The van der Waals surface area contributed by atoms with Crippen LogP contribution >= 0.6 is 0 Å². The molecule has 0 bridgehead atoms. The summed E-state index contributed by atoms with van der Waals surface area (Å²) >= 11 is 0. The van der Waals surface area contributed by atoms with Crippen molar-refractivity contribution in [3.8, 4) is 5.75 Å². The van der Waals surface area contributed by atoms with E-state index in [1.54, 1.807) is 7.11 Å². The number of rotatable bonds is 9. The van der Waals surface area contributed by atoms with E-state index in [-0.39, 0.29) is 11.7 Å². The molecule has 6 heteroatoms. The third-order valence-corrected chi connectivity index (χ3v) is 7.01. The number of piperidine rings is 1. The number of likely N-dealkylation sites (tertiary alicyclic amines) is 1. The van der Waals surface area contributed by atoms with E-state index in [4.69, 9.17) is 18.9 Å². The first kappa shape index (κ1) is 23.6. The maximum Gasteiger partial charge on any atom is 0.119 e. The van der Waals surface area contributed by atoms with Crippen LogP contribution in [-0.2, 0) is 27.3 Å². The van der Waals surface area contributed by atoms with Crippen molar-refractivity contribution in [2.45, 2.75) is 77.4 Å². The highest BCUT2D eigenvalue weighted by Gasteiger charge is 2.40. The van der Waals surface area contributed by atoms with Crippen LogP contribution in [0.3, 0.4) is 0 Å². The highest BCUT2D eigenvalue weighted by molar-refractivity contribution is 5.85. The molecule has 32 heavy (non-hydrogen) atoms. The van der Waals surface area contributed by atoms with Gasteiger partial charge >= 0.3 is 0 Å². The van der Waals surface area contributed by atoms with Crippen LogP contribution in [0.2, 0.25) is 0 Å². The van der Waals surface area contributed by atoms with E-state index in [0.29, 0.717) is 19.3 Å². The molecule has 1 atom stereocenters. The Morgan fingerprint density at radius 2 is 2.00 bits per heavy atom. The number of ether oxygens (including phenoxy) is 4. The topological polar surface area (TPSA) is 45.1 Å². The predicted octanol–water partition coefficient (Wildman–Crippen LogP) is 4.63. The Morgan fingerprint density at radius 1 is 1.19 bits per heavy atom. The summed E-state index contributed by atoms with van der Waals surface area (Å²) in [6.45, 7) is 12.6. The smallest absolute Gasteiger partial charge is 0.119 e. The third-order valence-electron chi connectivity index (χ3n) is 7.01. The highest BCUT2D eigenvalue weighted by atomic mass is 16.5. The molecule has 1 aromatic heterocycles. The minimum Gasteiger partial charge on any atom is -0.497 e. The summed E-state index contributed by atoms with van der Waals surface area (Å²) in [5.41, 5.74) is 2.65. The summed E-state index contributed by atoms with van der Waals surface area (Å²) < 4.78 is 25.9. The first-order valence-corrected chi connectivity index (χ1v) is 12.3. The summed E-state index contributed by atoms with van der Waals surface area (Å²) in [6.07, 6.45) is 7.02. The van der Waals surface area contributed by atoms with Gasteiger partial charge in [0.15, 0.2) is 0 Å². The molecule has 4 rings (SSSR count). The molecule has 2 saturated heterocycles. The van der Waals surface area contributed by atoms with E-state index in [1.807, 2.05) is 0 Å². The molecular weight excluding hydrogens is 404 g/mol. The van der Waals surface area contributed by atoms with Crippen LogP contribution < -0.4 is 4.74 Å². The average Bonchev–Trinajstić information content (AvgIpc) is 3.15. The lowest BCUT2D eigenvalue weighted by Crippen LogP contribution is -2.50. The fourth-order valence-electron chi connectivity index (χ4n) is 5.20. The van der Waals surface area contributed by atoms with Gasteiger partial charge in [0.2, 0.25) is 0 Å². The number of benzene rings is 1. The van der Waals surface area contributed by atoms with Gasteiger partial charge in [-0.2, -0.15) is 0 Å². The van der Waals surface area contributed by atoms with Crippen LogP contribution in [0.5, 0.6) is 5.75 Å². The molecule has 2 aliphatic rings. The number of aromatic nitrogens is 1. The second-order valence-electron chi connectivity index (χ2n) is 9.54. The molecule has 0 amide bonds. The fourth-order valence-corrected chi connectivity index (χ4v) is 5.20. The van der Waals surface area contributed by atoms with Crippen LogP contribution in [0.4, 0.5) is 0 Å². The minimum atomic E-state index is -0.0149. The number of nitrogens with zero attached hydrogens (tertiary/aromatic N) is 2. The van der Waals surface area contributed by atoms with Gasteiger partial charge in [-0.1, -0.05) is 0 Å². The molecule has 6 nitrogen and oxygen atoms in total. The number of hydrogen-bond donors (Lipinski definition) is 0. The Balaban J connectivity index is 1.34. The zero-order valence-electron chi connectivity index (χ0n) is 20.3. The lowest BCUT2D eigenvalue weighted by Gasteiger charge is -2.46. The van der Waals surface area contributed by atoms with Gasteiger partial charge < -0.3 is 23.5 Å². The van der Waals surface area contributed by atoms with Crippen molar-refractivity contribution < 1.29 is 18.9 Å². The summed E-state index contributed by atoms with van der Waals surface area (Å²) in [6, 6.07) is 6.41. The van der Waals surface area contributed by atoms with E-state index in [2.05, 4.69) is 54.6 Å². The van der Waals surface area contributed by atoms with Gasteiger partial charge in [-0.3, -0.25) is 4.90 Å². The molecule has 0 saturated carbocycles. The molecule has 2 fully saturated rings. The van der Waals surface area contributed by atoms with Crippen molar-refractivity contribution in [1.29, 1.82) is 0 Å². The maximum absolute atomic E-state index is 6.34. The molecule has 178 valence electrons. The van der Waals surface area contributed by atoms with E-state index >= 15 is 0 Å². The van der Waals surface area contributed by atoms with Crippen molar-refractivity contribution in [3.05, 3.63) is 30.0 Å². The average molecular weight is 445 g/mol. The summed E-state index contributed by atoms with van der Waals surface area (Å²) in [4.78, 5) is 2.57. The summed E-state index contributed by atoms with van der Waals surface area (Å²) in [7, 11) is 1.74. The zero-order chi connectivity index (χ0) is 22.6. The Labute approximate surface area is 192 Å². The van der Waals surface area contributed by atoms with Gasteiger partial charge in [-0.05, 0) is 63.8 Å². The lowest BCUT2D eigenvalue weighted by atomic mass is 9.83. The number of methoxy groups -OCH3 is 1. The molecule has 3 heterocycles. The quantitative estimate of drug-likeness (QED) is 0.528. The summed E-state index contributed by atoms with van der Waals surface area (Å²) in [5.74, 6) is 0.922. The normalized spacial score (nSPS) is 21.6. The Kier molecular flexibility index (Phi) is 7.77. The van der Waals surface area contributed by atoms with Gasteiger partial charge in [0.25, 0.3) is 0 Å². The maximum atomic E-state index is 6.34. The number of aryl methyl sites for hydroxylation is 1. The Bertz CT molecular complexity index is 870. The second kappa shape index (κ2) is 10.6. The van der Waals surface area contributed by atoms with Gasteiger partial charge in [0.05, 0.1) is 38.1 Å². The van der Waals surface area contributed by atoms with Gasteiger partial charge in [-0.25, -0.2) is 0 Å². The molecule has 0 aliphatic carbocycles. The number of fused-ring (bicyclic) bond motifs is 1. The molecular formula is C26H40N2O4. The fraction of sp³-hybridized carbons (Fsp3) is 0.692. The zero-order valence-corrected chi connectivity index (χ0v) is 20.3. The van der Waals surface area contributed by atoms with Crippen molar-refractivity contribution in [2.24, 2.45) is 0 Å². The van der Waals surface area contributed by atoms with Crippen molar-refractivity contribution >= 4 is 10.9 Å². The van der Waals surface area contributed by atoms with Crippen LogP contribution in [0.1, 0.15) is 52.0 Å². The van der Waals surface area contributed by atoms with E-state index in [1.165, 1.54) is 16.5 Å². The molecule has 0 N–H and O–H groups in total. The van der Waals surface area contributed by atoms with Crippen molar-refractivity contribution in [3.63, 3.8) is 0 Å². The number of hydrogen-bond acceptors (Lipinski definition) is 5.